The summed E-state index contributed by atoms with van der Waals surface area (Å²) in [6.45, 7) is 6.91. The fourth-order valence-electron chi connectivity index (χ4n) is 2.93. The molecule has 3 aromatic rings. The average Bonchev–Trinajstić information content (AvgIpc) is 3.25. The van der Waals surface area contributed by atoms with Crippen LogP contribution in [0.15, 0.2) is 48.8 Å². The monoisotopic (exact) mass is 429 g/mol. The van der Waals surface area contributed by atoms with Crippen molar-refractivity contribution in [3.05, 3.63) is 59.4 Å². The van der Waals surface area contributed by atoms with Crippen LogP contribution in [-0.2, 0) is 0 Å². The van der Waals surface area contributed by atoms with Crippen LogP contribution in [0.2, 0.25) is 5.02 Å². The Morgan fingerprint density at radius 3 is 2.27 bits per heavy atom. The number of carbonyl (C=O) groups excluding carboxylic acids is 1. The lowest BCUT2D eigenvalue weighted by molar-refractivity contribution is 0.102. The van der Waals surface area contributed by atoms with E-state index in [9.17, 15) is 4.79 Å². The third-order valence-corrected chi connectivity index (χ3v) is 4.36. The minimum atomic E-state index is -0.337. The van der Waals surface area contributed by atoms with Crippen molar-refractivity contribution in [3.63, 3.8) is 0 Å². The highest BCUT2D eigenvalue weighted by Gasteiger charge is 2.19. The van der Waals surface area contributed by atoms with Crippen LogP contribution in [-0.4, -0.2) is 35.5 Å². The first kappa shape index (κ1) is 21.5. The normalized spacial score (nSPS) is 10.5. The maximum absolute atomic E-state index is 13.1. The Bertz CT molecular complexity index is 979. The average molecular weight is 430 g/mol. The van der Waals surface area contributed by atoms with Crippen LogP contribution in [0.1, 0.15) is 31.1 Å². The predicted molar refractivity (Wildman–Crippen MR) is 116 cm³/mol. The van der Waals surface area contributed by atoms with Gasteiger partial charge >= 0.3 is 0 Å². The lowest BCUT2D eigenvalue weighted by atomic mass is 10.1. The van der Waals surface area contributed by atoms with Crippen molar-refractivity contribution in [2.75, 3.05) is 25.1 Å². The van der Waals surface area contributed by atoms with Crippen molar-refractivity contribution in [1.82, 2.24) is 9.78 Å². The molecule has 30 heavy (non-hydrogen) atoms. The number of nitrogens with one attached hydrogen (secondary N) is 1. The summed E-state index contributed by atoms with van der Waals surface area (Å²) >= 11 is 6.16. The number of hydrogen-bond acceptors (Lipinski definition) is 5. The quantitative estimate of drug-likeness (QED) is 0.519. The van der Waals surface area contributed by atoms with Crippen molar-refractivity contribution < 1.29 is 19.0 Å². The van der Waals surface area contributed by atoms with Crippen LogP contribution in [0.5, 0.6) is 17.2 Å². The molecule has 8 heteroatoms. The topological polar surface area (TPSA) is 74.6 Å². The number of hydrogen-bond donors (Lipinski definition) is 1. The molecule has 158 valence electrons. The summed E-state index contributed by atoms with van der Waals surface area (Å²) in [5, 5.41) is 7.64. The van der Waals surface area contributed by atoms with E-state index in [4.69, 9.17) is 25.8 Å². The standard InChI is InChI=1S/C22H24ClN3O4/c1-4-28-19-12-15(13-20(29-5-2)21(19)30-6-3)22(27)25-17-14-16(23)8-9-18(17)26-11-7-10-24-26/h7-14H,4-6H2,1-3H3,(H,25,27). The van der Waals surface area contributed by atoms with Crippen LogP contribution in [0.25, 0.3) is 5.69 Å². The zero-order chi connectivity index (χ0) is 21.5. The van der Waals surface area contributed by atoms with Crippen molar-refractivity contribution in [1.29, 1.82) is 0 Å². The van der Waals surface area contributed by atoms with Crippen LogP contribution in [0.4, 0.5) is 5.69 Å². The minimum absolute atomic E-state index is 0.337. The van der Waals surface area contributed by atoms with Crippen molar-refractivity contribution in [2.45, 2.75) is 20.8 Å². The number of ether oxygens (including phenoxy) is 3. The Kier molecular flexibility index (Phi) is 7.19. The number of rotatable bonds is 9. The maximum Gasteiger partial charge on any atom is 0.256 e. The second-order valence-corrected chi connectivity index (χ2v) is 6.60. The molecule has 1 amide bonds. The molecular formula is C22H24ClN3O4. The SMILES string of the molecule is CCOc1cc(C(=O)Nc2cc(Cl)ccc2-n2cccn2)cc(OCC)c1OCC. The molecule has 0 unspecified atom stereocenters. The summed E-state index contributed by atoms with van der Waals surface area (Å²) in [5.74, 6) is 1.05. The van der Waals surface area contributed by atoms with Gasteiger partial charge in [-0.25, -0.2) is 4.68 Å². The molecule has 3 rings (SSSR count). The van der Waals surface area contributed by atoms with Gasteiger partial charge in [0.15, 0.2) is 11.5 Å². The van der Waals surface area contributed by atoms with Crippen LogP contribution < -0.4 is 19.5 Å². The summed E-state index contributed by atoms with van der Waals surface area (Å²) in [5.41, 5.74) is 1.59. The van der Waals surface area contributed by atoms with E-state index in [-0.39, 0.29) is 5.91 Å². The highest BCUT2D eigenvalue weighted by molar-refractivity contribution is 6.31. The molecule has 0 radical (unpaired) electrons. The van der Waals surface area contributed by atoms with Crippen LogP contribution in [0.3, 0.4) is 0 Å². The molecule has 1 aromatic heterocycles. The van der Waals surface area contributed by atoms with Gasteiger partial charge in [0.05, 0.1) is 31.2 Å². The highest BCUT2D eigenvalue weighted by atomic mass is 35.5. The van der Waals surface area contributed by atoms with Crippen LogP contribution in [0, 0.1) is 0 Å². The minimum Gasteiger partial charge on any atom is -0.490 e. The van der Waals surface area contributed by atoms with Gasteiger partial charge in [-0.1, -0.05) is 11.6 Å². The summed E-state index contributed by atoms with van der Waals surface area (Å²) in [6.07, 6.45) is 3.45. The molecule has 0 spiro atoms. The van der Waals surface area contributed by atoms with E-state index < -0.39 is 0 Å². The van der Waals surface area contributed by atoms with Gasteiger partial charge in [0.2, 0.25) is 5.75 Å². The second kappa shape index (κ2) is 10.0. The fraction of sp³-hybridized carbons (Fsp3) is 0.273. The lowest BCUT2D eigenvalue weighted by Gasteiger charge is -2.17. The molecule has 0 aliphatic rings. The van der Waals surface area contributed by atoms with Gasteiger partial charge in [0, 0.05) is 23.0 Å². The number of carbonyl (C=O) groups is 1. The Hall–Kier alpha value is -3.19. The first-order valence-corrected chi connectivity index (χ1v) is 10.1. The largest absolute Gasteiger partial charge is 0.490 e. The van der Waals surface area contributed by atoms with Crippen molar-refractivity contribution in [3.8, 4) is 22.9 Å². The Morgan fingerprint density at radius 1 is 1.03 bits per heavy atom. The Morgan fingerprint density at radius 2 is 1.70 bits per heavy atom. The van der Waals surface area contributed by atoms with Crippen molar-refractivity contribution >= 4 is 23.2 Å². The van der Waals surface area contributed by atoms with Gasteiger partial charge in [-0.3, -0.25) is 4.79 Å². The van der Waals surface area contributed by atoms with Crippen LogP contribution >= 0.6 is 11.6 Å². The molecular weight excluding hydrogens is 406 g/mol. The van der Waals surface area contributed by atoms with Gasteiger partial charge in [-0.15, -0.1) is 0 Å². The lowest BCUT2D eigenvalue weighted by Crippen LogP contribution is -2.15. The molecule has 0 aliphatic carbocycles. The van der Waals surface area contributed by atoms with E-state index in [2.05, 4.69) is 10.4 Å². The van der Waals surface area contributed by atoms with Gasteiger partial charge in [-0.05, 0) is 57.2 Å². The molecule has 0 saturated carbocycles. The van der Waals surface area contributed by atoms with Gasteiger partial charge < -0.3 is 19.5 Å². The molecule has 0 bridgehead atoms. The van der Waals surface area contributed by atoms with E-state index in [1.807, 2.05) is 20.8 Å². The molecule has 7 nitrogen and oxygen atoms in total. The van der Waals surface area contributed by atoms with E-state index >= 15 is 0 Å². The first-order chi connectivity index (χ1) is 14.6. The third kappa shape index (κ3) is 4.86. The molecule has 0 aliphatic heterocycles. The second-order valence-electron chi connectivity index (χ2n) is 6.17. The molecule has 0 atom stereocenters. The van der Waals surface area contributed by atoms with Gasteiger partial charge in [-0.2, -0.15) is 5.10 Å². The molecule has 2 aromatic carbocycles. The number of amides is 1. The van der Waals surface area contributed by atoms with E-state index in [0.717, 1.165) is 0 Å². The summed E-state index contributed by atoms with van der Waals surface area (Å²) in [4.78, 5) is 13.1. The zero-order valence-corrected chi connectivity index (χ0v) is 17.9. The number of halogens is 1. The van der Waals surface area contributed by atoms with E-state index in [1.165, 1.54) is 0 Å². The number of benzene rings is 2. The maximum atomic E-state index is 13.1. The molecule has 0 fully saturated rings. The van der Waals surface area contributed by atoms with E-state index in [1.54, 1.807) is 53.5 Å². The first-order valence-electron chi connectivity index (χ1n) is 9.74. The van der Waals surface area contributed by atoms with Gasteiger partial charge in [0.1, 0.15) is 0 Å². The number of aromatic nitrogens is 2. The smallest absolute Gasteiger partial charge is 0.256 e. The summed E-state index contributed by atoms with van der Waals surface area (Å²) in [7, 11) is 0. The third-order valence-electron chi connectivity index (χ3n) is 4.13. The Labute approximate surface area is 180 Å². The number of anilines is 1. The van der Waals surface area contributed by atoms with Gasteiger partial charge in [0.25, 0.3) is 5.91 Å². The summed E-state index contributed by atoms with van der Waals surface area (Å²) in [6, 6.07) is 10.3. The van der Waals surface area contributed by atoms with Crippen molar-refractivity contribution in [2.24, 2.45) is 0 Å². The zero-order valence-electron chi connectivity index (χ0n) is 17.1. The fourth-order valence-corrected chi connectivity index (χ4v) is 3.11. The predicted octanol–water partition coefficient (Wildman–Crippen LogP) is 4.97. The Balaban J connectivity index is 1.98. The number of nitrogens with zero attached hydrogens (tertiary/aromatic N) is 2. The van der Waals surface area contributed by atoms with E-state index in [0.29, 0.717) is 59.0 Å². The molecule has 1 N–H and O–H groups in total. The molecule has 0 saturated heterocycles. The molecule has 1 heterocycles. The highest BCUT2D eigenvalue weighted by Crippen LogP contribution is 2.39. The summed E-state index contributed by atoms with van der Waals surface area (Å²) < 4.78 is 18.8.